The van der Waals surface area contributed by atoms with Gasteiger partial charge in [0.05, 0.1) is 16.3 Å². The Bertz CT molecular complexity index is 1190. The number of carboxylic acids is 1. The molecule has 3 aromatic rings. The molecule has 0 spiro atoms. The van der Waals surface area contributed by atoms with Gasteiger partial charge >= 0.3 is 5.97 Å². The predicted octanol–water partition coefficient (Wildman–Crippen LogP) is 5.16. The summed E-state index contributed by atoms with van der Waals surface area (Å²) in [6, 6.07) is 14.1. The zero-order chi connectivity index (χ0) is 22.0. The highest BCUT2D eigenvalue weighted by molar-refractivity contribution is 6.34. The van der Waals surface area contributed by atoms with Gasteiger partial charge in [-0.1, -0.05) is 41.4 Å². The van der Waals surface area contributed by atoms with Crippen LogP contribution in [0.4, 0.5) is 0 Å². The molecule has 7 heteroatoms. The van der Waals surface area contributed by atoms with E-state index in [-0.39, 0.29) is 22.8 Å². The van der Waals surface area contributed by atoms with E-state index in [4.69, 9.17) is 33.0 Å². The van der Waals surface area contributed by atoms with Crippen molar-refractivity contribution in [3.63, 3.8) is 0 Å². The van der Waals surface area contributed by atoms with E-state index in [0.29, 0.717) is 23.7 Å². The van der Waals surface area contributed by atoms with Crippen LogP contribution in [0.15, 0.2) is 53.3 Å². The SMILES string of the molecule is O=C(O)c1ccc(CCn2c(COc3ccc4c(c3)CCC4)c(Cl)cc(Cl)c2=O)cc1. The maximum atomic E-state index is 12.7. The average Bonchev–Trinajstić information content (AvgIpc) is 3.22. The minimum Gasteiger partial charge on any atom is -0.487 e. The lowest BCUT2D eigenvalue weighted by Crippen LogP contribution is -2.26. The highest BCUT2D eigenvalue weighted by Crippen LogP contribution is 2.27. The summed E-state index contributed by atoms with van der Waals surface area (Å²) in [5.41, 5.74) is 4.01. The number of carbonyl (C=O) groups is 1. The van der Waals surface area contributed by atoms with E-state index in [9.17, 15) is 9.59 Å². The number of pyridine rings is 1. The van der Waals surface area contributed by atoms with Crippen LogP contribution in [-0.2, 0) is 32.4 Å². The average molecular weight is 458 g/mol. The third kappa shape index (κ3) is 4.78. The molecule has 0 atom stereocenters. The number of aromatic carboxylic acids is 1. The molecule has 1 aliphatic carbocycles. The lowest BCUT2D eigenvalue weighted by molar-refractivity contribution is 0.0697. The van der Waals surface area contributed by atoms with E-state index < -0.39 is 5.97 Å². The van der Waals surface area contributed by atoms with Crippen LogP contribution in [0.2, 0.25) is 10.0 Å². The van der Waals surface area contributed by atoms with Gasteiger partial charge in [-0.2, -0.15) is 0 Å². The summed E-state index contributed by atoms with van der Waals surface area (Å²) in [6.07, 6.45) is 3.84. The molecule has 0 unspecified atom stereocenters. The summed E-state index contributed by atoms with van der Waals surface area (Å²) in [7, 11) is 0. The number of aromatic nitrogens is 1. The maximum absolute atomic E-state index is 12.7. The molecule has 4 rings (SSSR count). The van der Waals surface area contributed by atoms with E-state index in [0.717, 1.165) is 30.6 Å². The van der Waals surface area contributed by atoms with E-state index in [2.05, 4.69) is 12.1 Å². The Morgan fingerprint density at radius 2 is 1.74 bits per heavy atom. The lowest BCUT2D eigenvalue weighted by Gasteiger charge is -2.16. The second-order valence-electron chi connectivity index (χ2n) is 7.57. The Morgan fingerprint density at radius 3 is 2.48 bits per heavy atom. The fraction of sp³-hybridized carbons (Fsp3) is 0.250. The van der Waals surface area contributed by atoms with E-state index >= 15 is 0 Å². The second-order valence-corrected chi connectivity index (χ2v) is 8.38. The molecule has 0 saturated heterocycles. The zero-order valence-electron chi connectivity index (χ0n) is 16.7. The molecule has 5 nitrogen and oxygen atoms in total. The number of nitrogens with zero attached hydrogens (tertiary/aromatic N) is 1. The van der Waals surface area contributed by atoms with Gasteiger partial charge in [-0.25, -0.2) is 4.79 Å². The van der Waals surface area contributed by atoms with Gasteiger partial charge in [0.25, 0.3) is 5.56 Å². The molecular formula is C24H21Cl2NO4. The third-order valence-electron chi connectivity index (χ3n) is 5.57. The summed E-state index contributed by atoms with van der Waals surface area (Å²) in [5.74, 6) is -0.231. The van der Waals surface area contributed by atoms with Crippen molar-refractivity contribution in [1.29, 1.82) is 0 Å². The second kappa shape index (κ2) is 9.16. The predicted molar refractivity (Wildman–Crippen MR) is 121 cm³/mol. The maximum Gasteiger partial charge on any atom is 0.335 e. The standard InChI is InChI=1S/C24H21Cl2NO4/c25-20-13-21(26)23(28)27(11-10-15-4-6-17(7-5-15)24(29)30)22(20)14-31-19-9-8-16-2-1-3-18(16)12-19/h4-9,12-13H,1-3,10-11,14H2,(H,29,30). The molecule has 2 aromatic carbocycles. The molecule has 0 radical (unpaired) electrons. The number of carboxylic acid groups (broad SMARTS) is 1. The first kappa shape index (κ1) is 21.5. The molecule has 1 heterocycles. The van der Waals surface area contributed by atoms with Crippen molar-refractivity contribution in [3.05, 3.63) is 96.9 Å². The molecule has 0 aliphatic heterocycles. The third-order valence-corrected chi connectivity index (χ3v) is 6.17. The Hall–Kier alpha value is -2.76. The Kier molecular flexibility index (Phi) is 6.35. The number of hydrogen-bond acceptors (Lipinski definition) is 3. The van der Waals surface area contributed by atoms with Crippen molar-refractivity contribution in [2.75, 3.05) is 0 Å². The summed E-state index contributed by atoms with van der Waals surface area (Å²) in [6.45, 7) is 0.483. The highest BCUT2D eigenvalue weighted by atomic mass is 35.5. The van der Waals surface area contributed by atoms with Crippen LogP contribution < -0.4 is 10.3 Å². The molecule has 1 aliphatic rings. The summed E-state index contributed by atoms with van der Waals surface area (Å²) in [5, 5.41) is 9.45. The van der Waals surface area contributed by atoms with E-state index in [1.807, 2.05) is 6.07 Å². The Labute approximate surface area is 189 Å². The topological polar surface area (TPSA) is 68.5 Å². The number of fused-ring (bicyclic) bond motifs is 1. The highest BCUT2D eigenvalue weighted by Gasteiger charge is 2.15. The van der Waals surface area contributed by atoms with Gasteiger partial charge in [0, 0.05) is 6.54 Å². The van der Waals surface area contributed by atoms with Crippen LogP contribution in [0.3, 0.4) is 0 Å². The van der Waals surface area contributed by atoms with Crippen molar-refractivity contribution in [2.24, 2.45) is 0 Å². The molecule has 0 saturated carbocycles. The van der Waals surface area contributed by atoms with Crippen molar-refractivity contribution in [1.82, 2.24) is 4.57 Å². The van der Waals surface area contributed by atoms with Crippen LogP contribution in [0.25, 0.3) is 0 Å². The molecule has 0 fully saturated rings. The fourth-order valence-corrected chi connectivity index (χ4v) is 4.40. The van der Waals surface area contributed by atoms with E-state index in [1.165, 1.54) is 21.8 Å². The van der Waals surface area contributed by atoms with Crippen LogP contribution in [0.5, 0.6) is 5.75 Å². The van der Waals surface area contributed by atoms with Crippen LogP contribution in [-0.4, -0.2) is 15.6 Å². The van der Waals surface area contributed by atoms with Crippen molar-refractivity contribution in [3.8, 4) is 5.75 Å². The van der Waals surface area contributed by atoms with Gasteiger partial charge < -0.3 is 14.4 Å². The fourth-order valence-electron chi connectivity index (χ4n) is 3.86. The number of ether oxygens (including phenoxy) is 1. The van der Waals surface area contributed by atoms with Crippen LogP contribution in [0.1, 0.15) is 39.2 Å². The smallest absolute Gasteiger partial charge is 0.335 e. The number of benzene rings is 2. The molecular weight excluding hydrogens is 437 g/mol. The number of rotatable bonds is 7. The van der Waals surface area contributed by atoms with Gasteiger partial charge in [-0.15, -0.1) is 0 Å². The first-order valence-corrected chi connectivity index (χ1v) is 10.8. The quantitative estimate of drug-likeness (QED) is 0.531. The largest absolute Gasteiger partial charge is 0.487 e. The molecule has 31 heavy (non-hydrogen) atoms. The van der Waals surface area contributed by atoms with Crippen molar-refractivity contribution in [2.45, 2.75) is 38.8 Å². The summed E-state index contributed by atoms with van der Waals surface area (Å²) in [4.78, 5) is 23.7. The Balaban J connectivity index is 1.54. The van der Waals surface area contributed by atoms with Gasteiger partial charge in [-0.3, -0.25) is 4.79 Å². The molecule has 1 aromatic heterocycles. The van der Waals surface area contributed by atoms with Gasteiger partial charge in [0.2, 0.25) is 0 Å². The summed E-state index contributed by atoms with van der Waals surface area (Å²) >= 11 is 12.5. The molecule has 0 amide bonds. The molecule has 160 valence electrons. The number of aryl methyl sites for hydroxylation is 3. The Morgan fingerprint density at radius 1 is 1.00 bits per heavy atom. The molecule has 1 N–H and O–H groups in total. The minimum atomic E-state index is -0.976. The monoisotopic (exact) mass is 457 g/mol. The van der Waals surface area contributed by atoms with Gasteiger partial charge in [-0.05, 0) is 72.7 Å². The normalized spacial score (nSPS) is 12.6. The number of hydrogen-bond donors (Lipinski definition) is 1. The van der Waals surface area contributed by atoms with E-state index in [1.54, 1.807) is 24.3 Å². The first-order chi connectivity index (χ1) is 14.9. The van der Waals surface area contributed by atoms with Gasteiger partial charge in [0.15, 0.2) is 0 Å². The van der Waals surface area contributed by atoms with Crippen LogP contribution in [0, 0.1) is 0 Å². The van der Waals surface area contributed by atoms with Crippen molar-refractivity contribution < 1.29 is 14.6 Å². The summed E-state index contributed by atoms with van der Waals surface area (Å²) < 4.78 is 7.51. The minimum absolute atomic E-state index is 0.0486. The zero-order valence-corrected chi connectivity index (χ0v) is 18.2. The first-order valence-electron chi connectivity index (χ1n) is 10.1. The van der Waals surface area contributed by atoms with Crippen molar-refractivity contribution >= 4 is 29.2 Å². The van der Waals surface area contributed by atoms with Gasteiger partial charge in [0.1, 0.15) is 17.4 Å². The van der Waals surface area contributed by atoms with Crippen LogP contribution >= 0.6 is 23.2 Å². The lowest BCUT2D eigenvalue weighted by atomic mass is 10.1. The number of halogens is 2. The molecule has 0 bridgehead atoms.